The lowest BCUT2D eigenvalue weighted by Crippen LogP contribution is -2.40. The van der Waals surface area contributed by atoms with Gasteiger partial charge in [0.15, 0.2) is 0 Å². The Morgan fingerprint density at radius 2 is 0.702 bits per heavy atom. The Labute approximate surface area is 344 Å². The minimum atomic E-state index is -0.711. The molecule has 0 bridgehead atoms. The van der Waals surface area contributed by atoms with Gasteiger partial charge in [-0.25, -0.2) is 13.2 Å². The second kappa shape index (κ2) is 20.4. The minimum Gasteiger partial charge on any atom is -0.303 e. The Morgan fingerprint density at radius 3 is 0.912 bits per heavy atom. The van der Waals surface area contributed by atoms with E-state index in [9.17, 15) is 13.2 Å². The summed E-state index contributed by atoms with van der Waals surface area (Å²) in [6.07, 6.45) is 14.6. The molecular weight excluding hydrogens is 718 g/mol. The van der Waals surface area contributed by atoms with Gasteiger partial charge in [-0.3, -0.25) is 15.0 Å². The van der Waals surface area contributed by atoms with Crippen LogP contribution in [-0.2, 0) is 35.5 Å². The van der Waals surface area contributed by atoms with Crippen LogP contribution in [-0.4, -0.2) is 109 Å². The van der Waals surface area contributed by atoms with Crippen LogP contribution >= 0.6 is 0 Å². The van der Waals surface area contributed by atoms with Gasteiger partial charge in [0, 0.05) is 56.8 Å². The van der Waals surface area contributed by atoms with Crippen LogP contribution in [0.25, 0.3) is 0 Å². The van der Waals surface area contributed by atoms with E-state index in [4.69, 9.17) is 0 Å². The van der Waals surface area contributed by atoms with Gasteiger partial charge in [0.2, 0.25) is 0 Å². The molecule has 9 heteroatoms. The fourth-order valence-electron chi connectivity index (χ4n) is 7.94. The van der Waals surface area contributed by atoms with E-state index in [1.165, 1.54) is 33.4 Å². The number of hydrogen-bond acceptors (Lipinski definition) is 6. The molecule has 318 valence electrons. The Kier molecular flexibility index (Phi) is 16.7. The molecule has 0 spiro atoms. The highest BCUT2D eigenvalue weighted by Crippen LogP contribution is 2.30. The van der Waals surface area contributed by atoms with E-state index in [0.717, 1.165) is 58.2 Å². The molecule has 4 unspecified atom stereocenters. The van der Waals surface area contributed by atoms with Crippen molar-refractivity contribution in [2.24, 2.45) is 17.8 Å². The molecule has 3 aromatic rings. The van der Waals surface area contributed by atoms with Gasteiger partial charge in [0.1, 0.15) is 18.5 Å². The fourth-order valence-corrected chi connectivity index (χ4v) is 7.94. The minimum absolute atomic E-state index is 0.102. The summed E-state index contributed by atoms with van der Waals surface area (Å²) in [6, 6.07) is 6.58. The molecule has 3 saturated heterocycles. The van der Waals surface area contributed by atoms with Crippen LogP contribution in [0.1, 0.15) is 115 Å². The first kappa shape index (κ1) is 46.8. The lowest BCUT2D eigenvalue weighted by molar-refractivity contribution is 0.102. The van der Waals surface area contributed by atoms with Crippen LogP contribution in [0.2, 0.25) is 0 Å². The predicted octanol–water partition coefficient (Wildman–Crippen LogP) is 9.63. The van der Waals surface area contributed by atoms with Crippen LogP contribution in [0, 0.1) is 17.8 Å². The van der Waals surface area contributed by atoms with E-state index >= 15 is 0 Å². The number of piperidine rings is 3. The Hall–Kier alpha value is -2.88. The zero-order chi connectivity index (χ0) is 42.1. The molecule has 6 atom stereocenters. The summed E-state index contributed by atoms with van der Waals surface area (Å²) < 4.78 is 42.2. The molecule has 3 aliphatic heterocycles. The first-order chi connectivity index (χ1) is 26.6. The van der Waals surface area contributed by atoms with Crippen molar-refractivity contribution < 1.29 is 13.2 Å². The lowest BCUT2D eigenvalue weighted by Gasteiger charge is -2.32. The number of nitrogens with zero attached hydrogens (tertiary/aromatic N) is 6. The summed E-state index contributed by atoms with van der Waals surface area (Å²) in [5, 5.41) is 0. The molecule has 0 N–H and O–H groups in total. The standard InChI is InChI=1S/3C16H25FN2/c3*1-16(2,3)14-8-12(9-18-10-14)7-13-5-6-19(4)11-15(13)17/h3*8-10,13,15H,5-7,11H2,1-4H3/t2*13?,15-;/m10./s1. The summed E-state index contributed by atoms with van der Waals surface area (Å²) in [5.41, 5.74) is 7.51. The number of alkyl halides is 3. The van der Waals surface area contributed by atoms with E-state index in [1.54, 1.807) is 0 Å². The summed E-state index contributed by atoms with van der Waals surface area (Å²) in [4.78, 5) is 19.2. The van der Waals surface area contributed by atoms with Crippen molar-refractivity contribution in [2.75, 3.05) is 60.4 Å². The Bertz CT molecular complexity index is 1470. The summed E-state index contributed by atoms with van der Waals surface area (Å²) in [5.74, 6) is 0.439. The highest BCUT2D eigenvalue weighted by molar-refractivity contribution is 5.27. The molecular formula is C48H75F3N6. The topological polar surface area (TPSA) is 48.4 Å². The Morgan fingerprint density at radius 1 is 0.456 bits per heavy atom. The average Bonchev–Trinajstić information content (AvgIpc) is 3.12. The molecule has 6 nitrogen and oxygen atoms in total. The summed E-state index contributed by atoms with van der Waals surface area (Å²) >= 11 is 0. The van der Waals surface area contributed by atoms with Gasteiger partial charge in [0.25, 0.3) is 0 Å². The average molecular weight is 793 g/mol. The molecule has 0 amide bonds. The molecule has 3 aromatic heterocycles. The number of pyridine rings is 3. The number of aromatic nitrogens is 3. The van der Waals surface area contributed by atoms with E-state index in [-0.39, 0.29) is 34.0 Å². The molecule has 57 heavy (non-hydrogen) atoms. The van der Waals surface area contributed by atoms with Crippen molar-refractivity contribution in [3.63, 3.8) is 0 Å². The highest BCUT2D eigenvalue weighted by atomic mass is 19.1. The zero-order valence-corrected chi connectivity index (χ0v) is 37.5. The lowest BCUT2D eigenvalue weighted by atomic mass is 9.85. The van der Waals surface area contributed by atoms with Crippen molar-refractivity contribution >= 4 is 0 Å². The van der Waals surface area contributed by atoms with Crippen molar-refractivity contribution in [3.05, 3.63) is 88.8 Å². The van der Waals surface area contributed by atoms with Crippen LogP contribution in [0.3, 0.4) is 0 Å². The monoisotopic (exact) mass is 793 g/mol. The van der Waals surface area contributed by atoms with Crippen molar-refractivity contribution in [3.8, 4) is 0 Å². The van der Waals surface area contributed by atoms with E-state index in [0.29, 0.717) is 19.6 Å². The number of rotatable bonds is 6. The predicted molar refractivity (Wildman–Crippen MR) is 231 cm³/mol. The molecule has 0 radical (unpaired) electrons. The Balaban J connectivity index is 0.000000189. The van der Waals surface area contributed by atoms with Gasteiger partial charge in [0.05, 0.1) is 0 Å². The van der Waals surface area contributed by atoms with Gasteiger partial charge in [-0.1, -0.05) is 80.5 Å². The van der Waals surface area contributed by atoms with E-state index in [2.05, 4.69) is 110 Å². The maximum Gasteiger partial charge on any atom is 0.116 e. The molecule has 3 fully saturated rings. The first-order valence-corrected chi connectivity index (χ1v) is 21.4. The number of halogens is 3. The molecule has 6 rings (SSSR count). The first-order valence-electron chi connectivity index (χ1n) is 21.4. The van der Waals surface area contributed by atoms with Gasteiger partial charge in [-0.2, -0.15) is 0 Å². The van der Waals surface area contributed by atoms with Crippen molar-refractivity contribution in [2.45, 2.75) is 136 Å². The van der Waals surface area contributed by atoms with Gasteiger partial charge >= 0.3 is 0 Å². The maximum atomic E-state index is 14.1. The van der Waals surface area contributed by atoms with Crippen LogP contribution in [0.15, 0.2) is 55.4 Å². The normalized spacial score (nSPS) is 25.5. The van der Waals surface area contributed by atoms with E-state index < -0.39 is 18.5 Å². The summed E-state index contributed by atoms with van der Waals surface area (Å²) in [7, 11) is 5.97. The fraction of sp³-hybridized carbons (Fsp3) is 0.688. The van der Waals surface area contributed by atoms with Crippen molar-refractivity contribution in [1.29, 1.82) is 0 Å². The smallest absolute Gasteiger partial charge is 0.116 e. The number of hydrogen-bond donors (Lipinski definition) is 0. The molecule has 0 aliphatic carbocycles. The van der Waals surface area contributed by atoms with Gasteiger partial charge in [-0.05, 0) is 147 Å². The third-order valence-corrected chi connectivity index (χ3v) is 12.1. The van der Waals surface area contributed by atoms with Crippen LogP contribution in [0.5, 0.6) is 0 Å². The highest BCUT2D eigenvalue weighted by Gasteiger charge is 2.30. The third-order valence-electron chi connectivity index (χ3n) is 12.1. The molecule has 3 aliphatic rings. The largest absolute Gasteiger partial charge is 0.303 e. The summed E-state index contributed by atoms with van der Waals surface area (Å²) in [6.45, 7) is 24.3. The zero-order valence-electron chi connectivity index (χ0n) is 37.5. The maximum absolute atomic E-state index is 14.1. The van der Waals surface area contributed by atoms with Gasteiger partial charge in [-0.15, -0.1) is 0 Å². The molecule has 0 aromatic carbocycles. The van der Waals surface area contributed by atoms with E-state index in [1.807, 2.05) is 58.3 Å². The van der Waals surface area contributed by atoms with Crippen LogP contribution < -0.4 is 0 Å². The SMILES string of the molecule is CN1CCC(Cc2cncc(C(C)(C)C)c2)C(F)C1.CN1CCC(Cc2cncc(C(C)(C)C)c2)[C@@H](F)C1.CN1CCC(Cc2cncc(C(C)(C)C)c2)[C@H](F)C1. The second-order valence-electron chi connectivity index (χ2n) is 20.6. The molecule has 6 heterocycles. The number of likely N-dealkylation sites (tertiary alicyclic amines) is 3. The second-order valence-corrected chi connectivity index (χ2v) is 20.6. The van der Waals surface area contributed by atoms with Crippen molar-refractivity contribution in [1.82, 2.24) is 29.7 Å². The third kappa shape index (κ3) is 15.0. The van der Waals surface area contributed by atoms with Crippen LogP contribution in [0.4, 0.5) is 13.2 Å². The van der Waals surface area contributed by atoms with Gasteiger partial charge < -0.3 is 14.7 Å². The quantitative estimate of drug-likeness (QED) is 0.248. The molecule has 0 saturated carbocycles.